The van der Waals surface area contributed by atoms with Crippen LogP contribution in [0.4, 0.5) is 13.2 Å². The number of nitrogens with zero attached hydrogens (tertiary/aromatic N) is 2. The van der Waals surface area contributed by atoms with E-state index in [4.69, 9.17) is 23.2 Å². The second-order valence-electron chi connectivity index (χ2n) is 9.07. The number of hydrogen-bond donors (Lipinski definition) is 1. The number of likely N-dealkylation sites (tertiary alicyclic amines) is 1. The zero-order chi connectivity index (χ0) is 25.1. The fourth-order valence-corrected chi connectivity index (χ4v) is 6.98. The molecule has 2 aliphatic carbocycles. The third-order valence-corrected chi connectivity index (χ3v) is 9.80. The van der Waals surface area contributed by atoms with Gasteiger partial charge < -0.3 is 10.2 Å². The number of carbonyl (C=O) groups is 2. The largest absolute Gasteiger partial charge is 0.403 e. The topological polar surface area (TPSA) is 107 Å². The Balaban J connectivity index is 1.69. The average molecular weight is 538 g/mol. The monoisotopic (exact) mass is 537 g/mol. The van der Waals surface area contributed by atoms with Gasteiger partial charge in [0.15, 0.2) is 9.84 Å². The maximum Gasteiger partial charge on any atom is 0.403 e. The number of nitrogens with one attached hydrogen (secondary N) is 1. The molecule has 13 heteroatoms. The minimum Gasteiger partial charge on any atom is -0.336 e. The number of nitriles is 1. The van der Waals surface area contributed by atoms with Gasteiger partial charge in [-0.1, -0.05) is 29.6 Å². The van der Waals surface area contributed by atoms with Crippen LogP contribution in [0, 0.1) is 16.7 Å². The SMILES string of the molecule is N#CC1(NC(=O)C2CC(S(=O)(=O)c3ccc(Cl)cc3Cl)CN2C(=O)C2(C(F)(F)F)CCC2)CC1. The molecule has 2 unspecified atom stereocenters. The fraction of sp³-hybridized carbons (Fsp3) is 0.571. The molecule has 4 rings (SSSR count). The van der Waals surface area contributed by atoms with E-state index in [2.05, 4.69) is 5.32 Å². The predicted molar refractivity (Wildman–Crippen MR) is 116 cm³/mol. The van der Waals surface area contributed by atoms with Crippen molar-refractivity contribution < 1.29 is 31.2 Å². The second-order valence-corrected chi connectivity index (χ2v) is 12.1. The first-order valence-electron chi connectivity index (χ1n) is 10.6. The van der Waals surface area contributed by atoms with Crippen molar-refractivity contribution in [2.24, 2.45) is 5.41 Å². The van der Waals surface area contributed by atoms with Crippen LogP contribution in [0.25, 0.3) is 0 Å². The molecule has 1 N–H and O–H groups in total. The summed E-state index contributed by atoms with van der Waals surface area (Å²) in [5, 5.41) is 10.4. The van der Waals surface area contributed by atoms with Crippen LogP contribution in [-0.2, 0) is 19.4 Å². The molecule has 1 saturated heterocycles. The normalized spacial score (nSPS) is 25.2. The predicted octanol–water partition coefficient (Wildman–Crippen LogP) is 3.64. The van der Waals surface area contributed by atoms with Gasteiger partial charge in [-0.25, -0.2) is 8.42 Å². The summed E-state index contributed by atoms with van der Waals surface area (Å²) in [5.41, 5.74) is -3.78. The number of benzene rings is 1. The summed E-state index contributed by atoms with van der Waals surface area (Å²) in [5.74, 6) is -2.16. The first-order valence-corrected chi connectivity index (χ1v) is 12.9. The summed E-state index contributed by atoms with van der Waals surface area (Å²) in [6.07, 6.45) is -5.20. The lowest BCUT2D eigenvalue weighted by molar-refractivity contribution is -0.248. The lowest BCUT2D eigenvalue weighted by Crippen LogP contribution is -2.59. The van der Waals surface area contributed by atoms with E-state index < -0.39 is 75.9 Å². The Morgan fingerprint density at radius 2 is 1.82 bits per heavy atom. The molecule has 1 aromatic rings. The Labute approximate surface area is 204 Å². The lowest BCUT2D eigenvalue weighted by Gasteiger charge is -2.44. The average Bonchev–Trinajstić information content (AvgIpc) is 3.30. The van der Waals surface area contributed by atoms with Crippen LogP contribution in [0.5, 0.6) is 0 Å². The summed E-state index contributed by atoms with van der Waals surface area (Å²) in [4.78, 5) is 26.6. The van der Waals surface area contributed by atoms with Gasteiger partial charge in [-0.15, -0.1) is 0 Å². The van der Waals surface area contributed by atoms with Gasteiger partial charge in [-0.2, -0.15) is 18.4 Å². The highest BCUT2D eigenvalue weighted by molar-refractivity contribution is 7.92. The van der Waals surface area contributed by atoms with E-state index in [0.717, 1.165) is 4.90 Å². The Morgan fingerprint density at radius 1 is 1.18 bits per heavy atom. The highest BCUT2D eigenvalue weighted by Crippen LogP contribution is 2.55. The van der Waals surface area contributed by atoms with Crippen LogP contribution in [-0.4, -0.2) is 54.7 Å². The van der Waals surface area contributed by atoms with E-state index >= 15 is 0 Å². The molecule has 3 fully saturated rings. The summed E-state index contributed by atoms with van der Waals surface area (Å²) in [6, 6.07) is 4.18. The molecule has 2 atom stereocenters. The van der Waals surface area contributed by atoms with Crippen molar-refractivity contribution in [1.29, 1.82) is 5.26 Å². The molecule has 0 bridgehead atoms. The zero-order valence-electron chi connectivity index (χ0n) is 17.7. The standard InChI is InChI=1S/C21H20Cl2F3N3O4S/c22-12-2-3-16(14(23)8-12)34(32,33)13-9-15(17(30)28-19(11-27)6-7-19)29(10-13)18(31)20(4-1-5-20)21(24,25)26/h2-3,8,13,15H,1,4-7,9-10H2,(H,28,30). The Hall–Kier alpha value is -2.03. The number of halogens is 5. The Morgan fingerprint density at radius 3 is 2.29 bits per heavy atom. The van der Waals surface area contributed by atoms with Gasteiger partial charge in [0, 0.05) is 11.6 Å². The number of carbonyl (C=O) groups excluding carboxylic acids is 2. The van der Waals surface area contributed by atoms with Gasteiger partial charge in [0.05, 0.1) is 21.2 Å². The number of sulfone groups is 1. The summed E-state index contributed by atoms with van der Waals surface area (Å²) >= 11 is 11.9. The zero-order valence-corrected chi connectivity index (χ0v) is 20.0. The van der Waals surface area contributed by atoms with Crippen LogP contribution < -0.4 is 5.32 Å². The minimum absolute atomic E-state index is 0.176. The van der Waals surface area contributed by atoms with Crippen molar-refractivity contribution in [2.75, 3.05) is 6.54 Å². The number of hydrogen-bond acceptors (Lipinski definition) is 5. The molecule has 34 heavy (non-hydrogen) atoms. The molecule has 0 radical (unpaired) electrons. The molecular formula is C21H20Cl2F3N3O4S. The summed E-state index contributed by atoms with van der Waals surface area (Å²) < 4.78 is 68.2. The maximum absolute atomic E-state index is 13.9. The van der Waals surface area contributed by atoms with Gasteiger partial charge in [0.1, 0.15) is 17.0 Å². The van der Waals surface area contributed by atoms with Crippen molar-refractivity contribution in [3.8, 4) is 6.07 Å². The molecule has 0 aromatic heterocycles. The van der Waals surface area contributed by atoms with Crippen LogP contribution in [0.2, 0.25) is 10.0 Å². The maximum atomic E-state index is 13.9. The number of rotatable bonds is 5. The smallest absolute Gasteiger partial charge is 0.336 e. The van der Waals surface area contributed by atoms with E-state index in [1.54, 1.807) is 0 Å². The molecule has 1 aromatic carbocycles. The summed E-state index contributed by atoms with van der Waals surface area (Å²) in [7, 11) is -4.23. The van der Waals surface area contributed by atoms with E-state index in [1.807, 2.05) is 6.07 Å². The first-order chi connectivity index (χ1) is 15.8. The molecule has 1 aliphatic heterocycles. The van der Waals surface area contributed by atoms with Crippen molar-refractivity contribution in [1.82, 2.24) is 10.2 Å². The lowest BCUT2D eigenvalue weighted by atomic mass is 9.67. The fourth-order valence-electron chi connectivity index (χ4n) is 4.51. The number of alkyl halides is 3. The van der Waals surface area contributed by atoms with Crippen LogP contribution in [0.3, 0.4) is 0 Å². The third kappa shape index (κ3) is 4.03. The highest BCUT2D eigenvalue weighted by atomic mass is 35.5. The van der Waals surface area contributed by atoms with E-state index in [0.29, 0.717) is 12.8 Å². The molecule has 7 nitrogen and oxygen atoms in total. The van der Waals surface area contributed by atoms with Crippen molar-refractivity contribution in [3.05, 3.63) is 28.2 Å². The molecule has 184 valence electrons. The third-order valence-electron chi connectivity index (χ3n) is 6.95. The van der Waals surface area contributed by atoms with Crippen LogP contribution in [0.15, 0.2) is 23.1 Å². The van der Waals surface area contributed by atoms with E-state index in [9.17, 15) is 36.4 Å². The molecular weight excluding hydrogens is 518 g/mol. The van der Waals surface area contributed by atoms with Gasteiger partial charge >= 0.3 is 6.18 Å². The van der Waals surface area contributed by atoms with Crippen molar-refractivity contribution in [2.45, 2.75) is 66.4 Å². The highest BCUT2D eigenvalue weighted by Gasteiger charge is 2.66. The first kappa shape index (κ1) is 25.1. The molecule has 3 aliphatic rings. The molecule has 0 spiro atoms. The van der Waals surface area contributed by atoms with E-state index in [1.165, 1.54) is 18.2 Å². The quantitative estimate of drug-likeness (QED) is 0.616. The van der Waals surface area contributed by atoms with Gasteiger partial charge in [-0.3, -0.25) is 9.59 Å². The minimum atomic E-state index is -4.84. The second kappa shape index (κ2) is 8.28. The van der Waals surface area contributed by atoms with Crippen molar-refractivity contribution in [3.63, 3.8) is 0 Å². The van der Waals surface area contributed by atoms with Gasteiger partial charge in [0.2, 0.25) is 11.8 Å². The molecule has 1 heterocycles. The van der Waals surface area contributed by atoms with E-state index in [-0.39, 0.29) is 21.4 Å². The Bertz CT molecular complexity index is 1190. The van der Waals surface area contributed by atoms with Gasteiger partial charge in [0.25, 0.3) is 0 Å². The van der Waals surface area contributed by atoms with Gasteiger partial charge in [-0.05, 0) is 50.3 Å². The Kier molecular flexibility index (Phi) is 6.10. The number of amides is 2. The molecule has 2 amide bonds. The summed E-state index contributed by atoms with van der Waals surface area (Å²) in [6.45, 7) is -0.602. The van der Waals surface area contributed by atoms with Crippen molar-refractivity contribution >= 4 is 44.9 Å². The van der Waals surface area contributed by atoms with Crippen LogP contribution in [0.1, 0.15) is 38.5 Å². The molecule has 2 saturated carbocycles. The van der Waals surface area contributed by atoms with Crippen LogP contribution >= 0.6 is 23.2 Å².